The van der Waals surface area contributed by atoms with Crippen LogP contribution in [-0.4, -0.2) is 25.1 Å². The smallest absolute Gasteiger partial charge is 0.344 e. The van der Waals surface area contributed by atoms with Crippen LogP contribution < -0.4 is 10.1 Å². The van der Waals surface area contributed by atoms with E-state index in [1.807, 2.05) is 0 Å². The summed E-state index contributed by atoms with van der Waals surface area (Å²) in [5.41, 5.74) is 0.430. The van der Waals surface area contributed by atoms with Gasteiger partial charge in [-0.05, 0) is 36.4 Å². The summed E-state index contributed by atoms with van der Waals surface area (Å²) < 4.78 is 10.0. The minimum atomic E-state index is -0.727. The molecule has 2 aromatic carbocycles. The minimum absolute atomic E-state index is 0.262. The molecule has 2 aromatic rings. The zero-order valence-electron chi connectivity index (χ0n) is 12.5. The molecule has 0 radical (unpaired) electrons. The van der Waals surface area contributed by atoms with E-state index in [0.717, 1.165) is 0 Å². The third kappa shape index (κ3) is 6.29. The van der Waals surface area contributed by atoms with Crippen LogP contribution in [0.2, 0.25) is 20.1 Å². The van der Waals surface area contributed by atoms with Gasteiger partial charge in [0.1, 0.15) is 5.75 Å². The quantitative estimate of drug-likeness (QED) is 0.675. The predicted octanol–water partition coefficient (Wildman–Crippen LogP) is 4.86. The van der Waals surface area contributed by atoms with Crippen LogP contribution in [0.25, 0.3) is 0 Å². The summed E-state index contributed by atoms with van der Waals surface area (Å²) in [7, 11) is 0. The molecular formula is C16H11Cl4NO4. The second-order valence-electron chi connectivity index (χ2n) is 4.70. The fourth-order valence-electron chi connectivity index (χ4n) is 1.69. The Balaban J connectivity index is 1.77. The number of benzene rings is 2. The van der Waals surface area contributed by atoms with Crippen molar-refractivity contribution in [2.45, 2.75) is 0 Å². The summed E-state index contributed by atoms with van der Waals surface area (Å²) in [4.78, 5) is 23.4. The molecular weight excluding hydrogens is 412 g/mol. The average molecular weight is 423 g/mol. The van der Waals surface area contributed by atoms with Crippen LogP contribution in [0.4, 0.5) is 5.69 Å². The summed E-state index contributed by atoms with van der Waals surface area (Å²) in [6.45, 7) is -0.877. The van der Waals surface area contributed by atoms with Crippen molar-refractivity contribution in [3.63, 3.8) is 0 Å². The monoisotopic (exact) mass is 421 g/mol. The van der Waals surface area contributed by atoms with Crippen molar-refractivity contribution in [2.75, 3.05) is 18.5 Å². The molecule has 0 unspecified atom stereocenters. The summed E-state index contributed by atoms with van der Waals surface area (Å²) in [5.74, 6) is -0.977. The van der Waals surface area contributed by atoms with Gasteiger partial charge in [-0.2, -0.15) is 0 Å². The molecule has 2 rings (SSSR count). The van der Waals surface area contributed by atoms with Crippen molar-refractivity contribution < 1.29 is 19.1 Å². The number of ether oxygens (including phenoxy) is 2. The van der Waals surface area contributed by atoms with Gasteiger partial charge in [0.25, 0.3) is 5.91 Å². The van der Waals surface area contributed by atoms with Crippen molar-refractivity contribution in [1.82, 2.24) is 0 Å². The van der Waals surface area contributed by atoms with E-state index >= 15 is 0 Å². The molecule has 0 aliphatic heterocycles. The number of hydrogen-bond donors (Lipinski definition) is 1. The van der Waals surface area contributed by atoms with E-state index in [1.165, 1.54) is 24.3 Å². The SMILES string of the molecule is O=C(COC(=O)COc1ccc(Cl)cc1Cl)Nc1ccc(Cl)c(Cl)c1. The lowest BCUT2D eigenvalue weighted by molar-refractivity contribution is -0.149. The standard InChI is InChI=1S/C16H11Cl4NO4/c17-9-1-4-14(13(20)5-9)24-8-16(23)25-7-15(22)21-10-2-3-11(18)12(19)6-10/h1-6H,7-8H2,(H,21,22). The number of nitrogens with one attached hydrogen (secondary N) is 1. The molecule has 0 bridgehead atoms. The van der Waals surface area contributed by atoms with Gasteiger partial charge in [0.15, 0.2) is 13.2 Å². The Morgan fingerprint density at radius 2 is 1.64 bits per heavy atom. The second kappa shape index (κ2) is 9.15. The van der Waals surface area contributed by atoms with Gasteiger partial charge in [-0.3, -0.25) is 4.79 Å². The third-order valence-corrected chi connectivity index (χ3v) is 4.08. The van der Waals surface area contributed by atoms with Crippen molar-refractivity contribution in [3.8, 4) is 5.75 Å². The van der Waals surface area contributed by atoms with Gasteiger partial charge >= 0.3 is 5.97 Å². The molecule has 0 aliphatic carbocycles. The molecule has 0 atom stereocenters. The lowest BCUT2D eigenvalue weighted by Gasteiger charge is -2.09. The first-order valence-electron chi connectivity index (χ1n) is 6.83. The van der Waals surface area contributed by atoms with Crippen LogP contribution in [0, 0.1) is 0 Å². The van der Waals surface area contributed by atoms with Gasteiger partial charge in [0.05, 0.1) is 15.1 Å². The molecule has 5 nitrogen and oxygen atoms in total. The number of hydrogen-bond acceptors (Lipinski definition) is 4. The highest BCUT2D eigenvalue weighted by Crippen LogP contribution is 2.27. The van der Waals surface area contributed by atoms with Crippen LogP contribution >= 0.6 is 46.4 Å². The van der Waals surface area contributed by atoms with Crippen LogP contribution in [0.5, 0.6) is 5.75 Å². The van der Waals surface area contributed by atoms with E-state index in [-0.39, 0.29) is 10.8 Å². The lowest BCUT2D eigenvalue weighted by atomic mass is 10.3. The summed E-state index contributed by atoms with van der Waals surface area (Å²) in [5, 5.41) is 3.88. The second-order valence-corrected chi connectivity index (χ2v) is 6.36. The Kier molecular flexibility index (Phi) is 7.20. The van der Waals surface area contributed by atoms with Gasteiger partial charge in [-0.25, -0.2) is 4.79 Å². The van der Waals surface area contributed by atoms with Gasteiger partial charge in [0.2, 0.25) is 0 Å². The molecule has 1 N–H and O–H groups in total. The third-order valence-electron chi connectivity index (χ3n) is 2.81. The predicted molar refractivity (Wildman–Crippen MR) is 98.0 cm³/mol. The summed E-state index contributed by atoms with van der Waals surface area (Å²) in [6.07, 6.45) is 0. The van der Waals surface area contributed by atoms with E-state index < -0.39 is 25.1 Å². The lowest BCUT2D eigenvalue weighted by Crippen LogP contribution is -2.23. The topological polar surface area (TPSA) is 64.6 Å². The number of rotatable bonds is 6. The first-order valence-corrected chi connectivity index (χ1v) is 8.34. The number of carbonyl (C=O) groups is 2. The van der Waals surface area contributed by atoms with E-state index in [0.29, 0.717) is 20.8 Å². The van der Waals surface area contributed by atoms with E-state index in [9.17, 15) is 9.59 Å². The number of carbonyl (C=O) groups excluding carboxylic acids is 2. The number of amides is 1. The van der Waals surface area contributed by atoms with Crippen molar-refractivity contribution in [3.05, 3.63) is 56.5 Å². The van der Waals surface area contributed by atoms with Crippen LogP contribution in [-0.2, 0) is 14.3 Å². The number of halogens is 4. The molecule has 0 heterocycles. The maximum atomic E-state index is 11.7. The fraction of sp³-hybridized carbons (Fsp3) is 0.125. The Hall–Kier alpha value is -1.66. The highest BCUT2D eigenvalue weighted by atomic mass is 35.5. The normalized spacial score (nSPS) is 10.2. The molecule has 0 spiro atoms. The summed E-state index contributed by atoms with van der Waals surface area (Å²) >= 11 is 23.3. The first-order chi connectivity index (χ1) is 11.8. The van der Waals surface area contributed by atoms with E-state index in [4.69, 9.17) is 55.9 Å². The van der Waals surface area contributed by atoms with Crippen LogP contribution in [0.1, 0.15) is 0 Å². The number of esters is 1. The van der Waals surface area contributed by atoms with E-state index in [1.54, 1.807) is 12.1 Å². The molecule has 0 aliphatic rings. The van der Waals surface area contributed by atoms with Gasteiger partial charge in [-0.15, -0.1) is 0 Å². The molecule has 0 fully saturated rings. The Labute approximate surface area is 163 Å². The first kappa shape index (κ1) is 19.7. The van der Waals surface area contributed by atoms with Crippen molar-refractivity contribution >= 4 is 64.0 Å². The Morgan fingerprint density at radius 3 is 2.32 bits per heavy atom. The summed E-state index contributed by atoms with van der Waals surface area (Å²) in [6, 6.07) is 9.16. The maximum Gasteiger partial charge on any atom is 0.344 e. The average Bonchev–Trinajstić information content (AvgIpc) is 2.55. The molecule has 0 saturated heterocycles. The largest absolute Gasteiger partial charge is 0.480 e. The van der Waals surface area contributed by atoms with Crippen molar-refractivity contribution in [2.24, 2.45) is 0 Å². The van der Waals surface area contributed by atoms with Gasteiger partial charge in [-0.1, -0.05) is 46.4 Å². The van der Waals surface area contributed by atoms with Crippen molar-refractivity contribution in [1.29, 1.82) is 0 Å². The molecule has 132 valence electrons. The highest BCUT2D eigenvalue weighted by Gasteiger charge is 2.11. The maximum absolute atomic E-state index is 11.7. The Bertz CT molecular complexity index is 798. The molecule has 0 saturated carbocycles. The zero-order chi connectivity index (χ0) is 18.4. The van der Waals surface area contributed by atoms with Gasteiger partial charge in [0, 0.05) is 10.7 Å². The minimum Gasteiger partial charge on any atom is -0.480 e. The molecule has 1 amide bonds. The van der Waals surface area contributed by atoms with E-state index in [2.05, 4.69) is 5.32 Å². The van der Waals surface area contributed by atoms with Crippen LogP contribution in [0.3, 0.4) is 0 Å². The van der Waals surface area contributed by atoms with Gasteiger partial charge < -0.3 is 14.8 Å². The fourth-order valence-corrected chi connectivity index (χ4v) is 2.45. The highest BCUT2D eigenvalue weighted by molar-refractivity contribution is 6.42. The number of anilines is 1. The molecule has 25 heavy (non-hydrogen) atoms. The Morgan fingerprint density at radius 1 is 0.880 bits per heavy atom. The zero-order valence-corrected chi connectivity index (χ0v) is 15.5. The van der Waals surface area contributed by atoms with Crippen LogP contribution in [0.15, 0.2) is 36.4 Å². The molecule has 0 aromatic heterocycles. The molecule has 9 heteroatoms.